The lowest BCUT2D eigenvalue weighted by Gasteiger charge is -2.14. The first kappa shape index (κ1) is 12.3. The molecule has 0 aliphatic rings. The molecular weight excluding hydrogens is 195 g/mol. The van der Waals surface area contributed by atoms with Crippen LogP contribution in [0.2, 0.25) is 0 Å². The van der Waals surface area contributed by atoms with E-state index < -0.39 is 20.9 Å². The fraction of sp³-hybridized carbons (Fsp3) is 0.286. The molecule has 0 saturated heterocycles. The van der Waals surface area contributed by atoms with Gasteiger partial charge >= 0.3 is 14.6 Å². The van der Waals surface area contributed by atoms with Crippen molar-refractivity contribution < 1.29 is 23.8 Å². The Labute approximate surface area is 77.3 Å². The third-order valence-corrected chi connectivity index (χ3v) is 1.36. The molecule has 1 atom stereocenters. The van der Waals surface area contributed by atoms with Crippen LogP contribution in [0.25, 0.3) is 0 Å². The molecule has 0 amide bonds. The van der Waals surface area contributed by atoms with Crippen LogP contribution >= 0.6 is 8.60 Å². The zero-order valence-corrected chi connectivity index (χ0v) is 8.03. The molecule has 6 heteroatoms. The van der Waals surface area contributed by atoms with Crippen molar-refractivity contribution in [2.24, 2.45) is 0 Å². The van der Waals surface area contributed by atoms with Crippen LogP contribution in [0.5, 0.6) is 0 Å². The molecular formula is C7H11O5P. The molecule has 5 nitrogen and oxygen atoms in total. The van der Waals surface area contributed by atoms with Crippen LogP contribution in [0.15, 0.2) is 24.8 Å². The molecule has 0 radical (unpaired) electrons. The topological polar surface area (TPSA) is 76.0 Å². The van der Waals surface area contributed by atoms with Gasteiger partial charge in [0.05, 0.1) is 0 Å². The minimum Gasteiger partial charge on any atom is -0.428 e. The smallest absolute Gasteiger partial charge is 0.335 e. The monoisotopic (exact) mass is 206 g/mol. The zero-order valence-electron chi connectivity index (χ0n) is 7.14. The normalized spacial score (nSPS) is 12.3. The van der Waals surface area contributed by atoms with Crippen molar-refractivity contribution in [2.75, 3.05) is 0 Å². The van der Waals surface area contributed by atoms with Gasteiger partial charge in [-0.1, -0.05) is 13.2 Å². The molecule has 74 valence electrons. The van der Waals surface area contributed by atoms with E-state index in [2.05, 4.69) is 22.4 Å². The van der Waals surface area contributed by atoms with Crippen molar-refractivity contribution in [1.82, 2.24) is 0 Å². The van der Waals surface area contributed by atoms with Crippen molar-refractivity contribution in [3.05, 3.63) is 24.8 Å². The van der Waals surface area contributed by atoms with E-state index in [9.17, 15) is 4.79 Å². The fourth-order valence-corrected chi connectivity index (χ4v) is 0.727. The number of carbonyl (C=O) groups excluding carboxylic acids is 1. The quantitative estimate of drug-likeness (QED) is 0.229. The second-order valence-electron chi connectivity index (χ2n) is 2.15. The van der Waals surface area contributed by atoms with E-state index in [0.29, 0.717) is 0 Å². The van der Waals surface area contributed by atoms with E-state index in [-0.39, 0.29) is 5.57 Å². The highest BCUT2D eigenvalue weighted by molar-refractivity contribution is 7.39. The van der Waals surface area contributed by atoms with Crippen molar-refractivity contribution in [3.8, 4) is 0 Å². The molecule has 0 aliphatic carbocycles. The van der Waals surface area contributed by atoms with Crippen LogP contribution < -0.4 is 0 Å². The minimum atomic E-state index is -2.57. The van der Waals surface area contributed by atoms with Crippen LogP contribution in [0.1, 0.15) is 6.92 Å². The van der Waals surface area contributed by atoms with Crippen LogP contribution in [-0.4, -0.2) is 22.0 Å². The standard InChI is InChI=1S/C7H11O5P/c1-4-6(12-13(9)10)11-7(8)5(2)3/h4,6,9-10H,1-2H2,3H3. The van der Waals surface area contributed by atoms with Gasteiger partial charge in [-0.3, -0.25) is 4.52 Å². The number of rotatable bonds is 5. The van der Waals surface area contributed by atoms with Gasteiger partial charge in [-0.2, -0.15) is 0 Å². The summed E-state index contributed by atoms with van der Waals surface area (Å²) in [6.45, 7) is 8.08. The lowest BCUT2D eigenvalue weighted by molar-refractivity contribution is -0.153. The predicted octanol–water partition coefficient (Wildman–Crippen LogP) is 0.846. The van der Waals surface area contributed by atoms with Crippen LogP contribution in [-0.2, 0) is 14.1 Å². The van der Waals surface area contributed by atoms with Gasteiger partial charge in [0.2, 0.25) is 6.29 Å². The summed E-state index contributed by atoms with van der Waals surface area (Å²) in [5.41, 5.74) is 0.190. The van der Waals surface area contributed by atoms with Gasteiger partial charge in [-0.05, 0) is 13.0 Å². The Morgan fingerprint density at radius 2 is 2.15 bits per heavy atom. The maximum Gasteiger partial charge on any atom is 0.335 e. The summed E-state index contributed by atoms with van der Waals surface area (Å²) < 4.78 is 8.98. The predicted molar refractivity (Wildman–Crippen MR) is 47.3 cm³/mol. The molecule has 0 bridgehead atoms. The first-order chi connectivity index (χ1) is 5.97. The summed E-state index contributed by atoms with van der Waals surface area (Å²) in [5, 5.41) is 0. The van der Waals surface area contributed by atoms with E-state index in [1.165, 1.54) is 6.92 Å². The van der Waals surface area contributed by atoms with Crippen molar-refractivity contribution in [1.29, 1.82) is 0 Å². The van der Waals surface area contributed by atoms with Gasteiger partial charge in [0.1, 0.15) is 0 Å². The van der Waals surface area contributed by atoms with Crippen molar-refractivity contribution in [3.63, 3.8) is 0 Å². The lowest BCUT2D eigenvalue weighted by atomic mass is 10.4. The molecule has 0 saturated carbocycles. The van der Waals surface area contributed by atoms with Gasteiger partial charge < -0.3 is 14.5 Å². The number of ether oxygens (including phenoxy) is 1. The summed E-state index contributed by atoms with van der Waals surface area (Å²) in [6.07, 6.45) is -0.0342. The third kappa shape index (κ3) is 5.49. The van der Waals surface area contributed by atoms with Crippen LogP contribution in [0.3, 0.4) is 0 Å². The maximum atomic E-state index is 10.9. The Morgan fingerprint density at radius 1 is 1.62 bits per heavy atom. The lowest BCUT2D eigenvalue weighted by Crippen LogP contribution is -2.17. The van der Waals surface area contributed by atoms with Gasteiger partial charge in [0, 0.05) is 5.57 Å². The Morgan fingerprint density at radius 3 is 2.46 bits per heavy atom. The Balaban J connectivity index is 4.05. The Bertz CT molecular complexity index is 213. The molecule has 0 rings (SSSR count). The molecule has 1 unspecified atom stereocenters. The summed E-state index contributed by atoms with van der Waals surface area (Å²) in [7, 11) is -2.57. The molecule has 0 aromatic carbocycles. The van der Waals surface area contributed by atoms with Gasteiger partial charge in [0.25, 0.3) is 0 Å². The number of hydrogen-bond acceptors (Lipinski definition) is 5. The number of esters is 1. The van der Waals surface area contributed by atoms with Gasteiger partial charge in [-0.15, -0.1) is 0 Å². The molecule has 0 aromatic rings. The second-order valence-corrected chi connectivity index (χ2v) is 2.86. The van der Waals surface area contributed by atoms with E-state index in [0.717, 1.165) is 6.08 Å². The molecule has 0 aliphatic heterocycles. The van der Waals surface area contributed by atoms with Crippen LogP contribution in [0, 0.1) is 0 Å². The van der Waals surface area contributed by atoms with Gasteiger partial charge in [0.15, 0.2) is 0 Å². The van der Waals surface area contributed by atoms with Gasteiger partial charge in [-0.25, -0.2) is 4.79 Å². The number of carbonyl (C=O) groups is 1. The number of hydrogen-bond donors (Lipinski definition) is 2. The van der Waals surface area contributed by atoms with E-state index in [4.69, 9.17) is 9.79 Å². The fourth-order valence-electron chi connectivity index (χ4n) is 0.412. The molecule has 2 N–H and O–H groups in total. The van der Waals surface area contributed by atoms with Crippen molar-refractivity contribution >= 4 is 14.6 Å². The van der Waals surface area contributed by atoms with E-state index in [1.54, 1.807) is 0 Å². The summed E-state index contributed by atoms with van der Waals surface area (Å²) in [6, 6.07) is 0. The summed E-state index contributed by atoms with van der Waals surface area (Å²) >= 11 is 0. The first-order valence-corrected chi connectivity index (χ1v) is 4.47. The third-order valence-electron chi connectivity index (χ3n) is 0.962. The molecule has 0 spiro atoms. The van der Waals surface area contributed by atoms with Crippen molar-refractivity contribution in [2.45, 2.75) is 13.2 Å². The Kier molecular flexibility index (Phi) is 5.50. The minimum absolute atomic E-state index is 0.190. The largest absolute Gasteiger partial charge is 0.428 e. The average Bonchev–Trinajstić information content (AvgIpc) is 2.02. The summed E-state index contributed by atoms with van der Waals surface area (Å²) in [4.78, 5) is 27.8. The van der Waals surface area contributed by atoms with Crippen LogP contribution in [0.4, 0.5) is 0 Å². The molecule has 0 aromatic heterocycles. The van der Waals surface area contributed by atoms with E-state index >= 15 is 0 Å². The SMILES string of the molecule is C=CC(OC(=O)C(=C)C)OP(O)O. The summed E-state index contributed by atoms with van der Waals surface area (Å²) in [5.74, 6) is -0.679. The highest BCUT2D eigenvalue weighted by atomic mass is 31.2. The molecule has 13 heavy (non-hydrogen) atoms. The zero-order chi connectivity index (χ0) is 10.4. The average molecular weight is 206 g/mol. The first-order valence-electron chi connectivity index (χ1n) is 3.31. The second kappa shape index (κ2) is 5.83. The molecule has 0 fully saturated rings. The highest BCUT2D eigenvalue weighted by Gasteiger charge is 2.15. The highest BCUT2D eigenvalue weighted by Crippen LogP contribution is 2.27. The Hall–Kier alpha value is -0.740. The maximum absolute atomic E-state index is 10.9. The molecule has 0 heterocycles. The van der Waals surface area contributed by atoms with E-state index in [1.807, 2.05) is 0 Å².